The molecule has 0 bridgehead atoms. The van der Waals surface area contributed by atoms with Gasteiger partial charge in [0, 0.05) is 5.56 Å². The van der Waals surface area contributed by atoms with E-state index >= 15 is 0 Å². The first-order valence-electron chi connectivity index (χ1n) is 6.90. The summed E-state index contributed by atoms with van der Waals surface area (Å²) in [7, 11) is 1.63. The highest BCUT2D eigenvalue weighted by Gasteiger charge is 2.23. The predicted molar refractivity (Wildman–Crippen MR) is 84.8 cm³/mol. The normalized spacial score (nSPS) is 15.6. The Kier molecular flexibility index (Phi) is 3.74. The maximum absolute atomic E-state index is 11.9. The average Bonchev–Trinajstić information content (AvgIpc) is 2.89. The summed E-state index contributed by atoms with van der Waals surface area (Å²) in [6.45, 7) is 1.95. The second-order valence-electron chi connectivity index (χ2n) is 4.93. The Bertz CT molecular complexity index is 776. The van der Waals surface area contributed by atoms with Gasteiger partial charge in [0.25, 0.3) is 0 Å². The van der Waals surface area contributed by atoms with Crippen LogP contribution in [0.5, 0.6) is 5.75 Å². The third kappa shape index (κ3) is 2.76. The number of methoxy groups -OCH3 is 1. The molecule has 0 amide bonds. The molecule has 1 aliphatic heterocycles. The SMILES string of the molecule is COc1ccc(/C=C2/N=C(c3ccccc3)OC2=O)cc1C. The highest BCUT2D eigenvalue weighted by atomic mass is 16.6. The minimum Gasteiger partial charge on any atom is -0.496 e. The summed E-state index contributed by atoms with van der Waals surface area (Å²) >= 11 is 0. The largest absolute Gasteiger partial charge is 0.496 e. The smallest absolute Gasteiger partial charge is 0.363 e. The van der Waals surface area contributed by atoms with Gasteiger partial charge < -0.3 is 9.47 Å². The summed E-state index contributed by atoms with van der Waals surface area (Å²) in [5.74, 6) is 0.707. The van der Waals surface area contributed by atoms with Crippen LogP contribution >= 0.6 is 0 Å². The molecule has 1 heterocycles. The van der Waals surface area contributed by atoms with Crippen molar-refractivity contribution < 1.29 is 14.3 Å². The number of nitrogens with zero attached hydrogens (tertiary/aromatic N) is 1. The fourth-order valence-electron chi connectivity index (χ4n) is 2.26. The van der Waals surface area contributed by atoms with E-state index in [1.54, 1.807) is 13.2 Å². The van der Waals surface area contributed by atoms with Crippen molar-refractivity contribution >= 4 is 17.9 Å². The molecule has 110 valence electrons. The number of carbonyl (C=O) groups is 1. The Balaban J connectivity index is 1.92. The van der Waals surface area contributed by atoms with Crippen molar-refractivity contribution in [2.45, 2.75) is 6.92 Å². The number of hydrogen-bond donors (Lipinski definition) is 0. The van der Waals surface area contributed by atoms with Crippen molar-refractivity contribution in [1.82, 2.24) is 0 Å². The van der Waals surface area contributed by atoms with E-state index in [1.807, 2.05) is 55.5 Å². The van der Waals surface area contributed by atoms with Crippen LogP contribution in [0.1, 0.15) is 16.7 Å². The van der Waals surface area contributed by atoms with Crippen LogP contribution in [-0.2, 0) is 9.53 Å². The summed E-state index contributed by atoms with van der Waals surface area (Å²) in [5.41, 5.74) is 2.95. The molecule has 0 aliphatic carbocycles. The Morgan fingerprint density at radius 2 is 1.91 bits per heavy atom. The maximum Gasteiger partial charge on any atom is 0.363 e. The van der Waals surface area contributed by atoms with Crippen LogP contribution in [0.2, 0.25) is 0 Å². The topological polar surface area (TPSA) is 47.9 Å². The van der Waals surface area contributed by atoms with Crippen LogP contribution in [0.15, 0.2) is 59.2 Å². The molecule has 0 fully saturated rings. The molecular formula is C18H15NO3. The number of cyclic esters (lactones) is 1. The van der Waals surface area contributed by atoms with E-state index in [0.717, 1.165) is 22.4 Å². The highest BCUT2D eigenvalue weighted by molar-refractivity contribution is 6.12. The summed E-state index contributed by atoms with van der Waals surface area (Å²) in [4.78, 5) is 16.2. The third-order valence-electron chi connectivity index (χ3n) is 3.36. The molecule has 3 rings (SSSR count). The second kappa shape index (κ2) is 5.85. The van der Waals surface area contributed by atoms with Gasteiger partial charge in [0.05, 0.1) is 7.11 Å². The van der Waals surface area contributed by atoms with Crippen LogP contribution in [0.3, 0.4) is 0 Å². The molecule has 1 aliphatic rings. The lowest BCUT2D eigenvalue weighted by Crippen LogP contribution is -2.04. The van der Waals surface area contributed by atoms with Crippen molar-refractivity contribution in [2.24, 2.45) is 4.99 Å². The first-order valence-corrected chi connectivity index (χ1v) is 6.90. The van der Waals surface area contributed by atoms with Crippen LogP contribution in [0, 0.1) is 6.92 Å². The minimum absolute atomic E-state index is 0.295. The van der Waals surface area contributed by atoms with Crippen LogP contribution in [-0.4, -0.2) is 19.0 Å². The molecule has 0 spiro atoms. The molecule has 0 N–H and O–H groups in total. The molecule has 4 nitrogen and oxygen atoms in total. The minimum atomic E-state index is -0.438. The predicted octanol–water partition coefficient (Wildman–Crippen LogP) is 3.35. The fraction of sp³-hybridized carbons (Fsp3) is 0.111. The van der Waals surface area contributed by atoms with E-state index in [1.165, 1.54) is 0 Å². The van der Waals surface area contributed by atoms with Gasteiger partial charge in [-0.15, -0.1) is 0 Å². The van der Waals surface area contributed by atoms with E-state index in [2.05, 4.69) is 4.99 Å². The van der Waals surface area contributed by atoms with Gasteiger partial charge in [-0.2, -0.15) is 0 Å². The van der Waals surface area contributed by atoms with Gasteiger partial charge in [-0.05, 0) is 48.4 Å². The van der Waals surface area contributed by atoms with E-state index in [0.29, 0.717) is 11.6 Å². The first-order chi connectivity index (χ1) is 10.7. The standard InChI is InChI=1S/C18H15NO3/c1-12-10-13(8-9-16(12)21-2)11-15-18(20)22-17(19-15)14-6-4-3-5-7-14/h3-11H,1-2H3/b15-11+. The molecule has 0 saturated heterocycles. The van der Waals surface area contributed by atoms with Crippen molar-refractivity contribution in [2.75, 3.05) is 7.11 Å². The Morgan fingerprint density at radius 3 is 2.59 bits per heavy atom. The van der Waals surface area contributed by atoms with Crippen molar-refractivity contribution in [1.29, 1.82) is 0 Å². The quantitative estimate of drug-likeness (QED) is 0.644. The Hall–Kier alpha value is -2.88. The summed E-state index contributed by atoms with van der Waals surface area (Å²) < 4.78 is 10.5. The lowest BCUT2D eigenvalue weighted by molar-refractivity contribution is -0.129. The number of esters is 1. The number of benzene rings is 2. The van der Waals surface area contributed by atoms with E-state index < -0.39 is 5.97 Å². The molecule has 2 aromatic rings. The van der Waals surface area contributed by atoms with Crippen molar-refractivity contribution in [3.8, 4) is 5.75 Å². The van der Waals surface area contributed by atoms with Gasteiger partial charge in [-0.3, -0.25) is 0 Å². The third-order valence-corrected chi connectivity index (χ3v) is 3.36. The summed E-state index contributed by atoms with van der Waals surface area (Å²) in [6.07, 6.45) is 1.71. The van der Waals surface area contributed by atoms with Gasteiger partial charge in [-0.1, -0.05) is 24.3 Å². The van der Waals surface area contributed by atoms with Crippen LogP contribution in [0.25, 0.3) is 6.08 Å². The zero-order valence-electron chi connectivity index (χ0n) is 12.4. The second-order valence-corrected chi connectivity index (χ2v) is 4.93. The number of aliphatic imine (C=N–C) groups is 1. The maximum atomic E-state index is 11.9. The van der Waals surface area contributed by atoms with E-state index in [4.69, 9.17) is 9.47 Å². The number of rotatable bonds is 3. The average molecular weight is 293 g/mol. The Labute approximate surface area is 128 Å². The summed E-state index contributed by atoms with van der Waals surface area (Å²) in [5, 5.41) is 0. The number of ether oxygens (including phenoxy) is 2. The van der Waals surface area contributed by atoms with E-state index in [9.17, 15) is 4.79 Å². The van der Waals surface area contributed by atoms with Crippen molar-refractivity contribution in [3.05, 3.63) is 70.9 Å². The van der Waals surface area contributed by atoms with Crippen molar-refractivity contribution in [3.63, 3.8) is 0 Å². The summed E-state index contributed by atoms with van der Waals surface area (Å²) in [6, 6.07) is 15.0. The highest BCUT2D eigenvalue weighted by Crippen LogP contribution is 2.23. The number of hydrogen-bond acceptors (Lipinski definition) is 4. The molecule has 4 heteroatoms. The Morgan fingerprint density at radius 1 is 1.14 bits per heavy atom. The number of aryl methyl sites for hydroxylation is 1. The lowest BCUT2D eigenvalue weighted by atomic mass is 10.1. The zero-order valence-corrected chi connectivity index (χ0v) is 12.4. The molecule has 0 unspecified atom stereocenters. The monoisotopic (exact) mass is 293 g/mol. The van der Waals surface area contributed by atoms with Gasteiger partial charge >= 0.3 is 5.97 Å². The first kappa shape index (κ1) is 14.1. The fourth-order valence-corrected chi connectivity index (χ4v) is 2.26. The molecule has 0 atom stereocenters. The molecule has 22 heavy (non-hydrogen) atoms. The number of carbonyl (C=O) groups excluding carboxylic acids is 1. The van der Waals surface area contributed by atoms with Gasteiger partial charge in [0.15, 0.2) is 5.70 Å². The molecule has 0 aromatic heterocycles. The van der Waals surface area contributed by atoms with Crippen LogP contribution in [0.4, 0.5) is 0 Å². The molecule has 2 aromatic carbocycles. The molecule has 0 saturated carbocycles. The van der Waals surface area contributed by atoms with E-state index in [-0.39, 0.29) is 0 Å². The van der Waals surface area contributed by atoms with Gasteiger partial charge in [0.2, 0.25) is 5.90 Å². The van der Waals surface area contributed by atoms with Crippen LogP contribution < -0.4 is 4.74 Å². The lowest BCUT2D eigenvalue weighted by Gasteiger charge is -2.04. The van der Waals surface area contributed by atoms with Gasteiger partial charge in [0.1, 0.15) is 5.75 Å². The molecule has 0 radical (unpaired) electrons. The zero-order chi connectivity index (χ0) is 15.5. The molecular weight excluding hydrogens is 278 g/mol. The van der Waals surface area contributed by atoms with Gasteiger partial charge in [-0.25, -0.2) is 9.79 Å².